The Morgan fingerprint density at radius 3 is 1.72 bits per heavy atom. The maximum Gasteiger partial charge on any atom is 0.360 e. The first-order valence-corrected chi connectivity index (χ1v) is 8.93. The zero-order valence-electron chi connectivity index (χ0n) is 13.5. The predicted molar refractivity (Wildman–Crippen MR) is 107 cm³/mol. The van der Waals surface area contributed by atoms with E-state index in [9.17, 15) is 0 Å². The quantitative estimate of drug-likeness (QED) is 0.335. The molecule has 0 saturated heterocycles. The summed E-state index contributed by atoms with van der Waals surface area (Å²) in [7, 11) is 0. The van der Waals surface area contributed by atoms with Gasteiger partial charge in [-0.3, -0.25) is 0 Å². The third-order valence-corrected chi connectivity index (χ3v) is 4.70. The summed E-state index contributed by atoms with van der Waals surface area (Å²) in [5.74, 6) is 0.853. The number of hydrogen-bond acceptors (Lipinski definition) is 0. The van der Waals surface area contributed by atoms with Crippen molar-refractivity contribution in [3.8, 4) is 33.6 Å². The Hall–Kier alpha value is -2.71. The van der Waals surface area contributed by atoms with Crippen LogP contribution in [0, 0.1) is 0 Å². The van der Waals surface area contributed by atoms with E-state index in [4.69, 9.17) is 4.42 Å². The first-order valence-electron chi connectivity index (χ1n) is 8.14. The summed E-state index contributed by atoms with van der Waals surface area (Å²) in [6.45, 7) is 0. The van der Waals surface area contributed by atoms with Crippen LogP contribution in [0.2, 0.25) is 0 Å². The van der Waals surface area contributed by atoms with Crippen LogP contribution in [0.1, 0.15) is 0 Å². The van der Waals surface area contributed by atoms with Crippen molar-refractivity contribution in [2.75, 3.05) is 0 Å². The van der Waals surface area contributed by atoms with E-state index in [0.29, 0.717) is 0 Å². The Bertz CT molecular complexity index is 977. The molecule has 1 nitrogen and oxygen atoms in total. The van der Waals surface area contributed by atoms with Crippen LogP contribution in [-0.2, 0) is 0 Å². The molecule has 2 heteroatoms. The summed E-state index contributed by atoms with van der Waals surface area (Å²) in [5.41, 5.74) is 5.63. The van der Waals surface area contributed by atoms with Crippen molar-refractivity contribution in [2.45, 2.75) is 0 Å². The molecule has 4 rings (SSSR count). The van der Waals surface area contributed by atoms with Gasteiger partial charge < -0.3 is 0 Å². The molecule has 25 heavy (non-hydrogen) atoms. The van der Waals surface area contributed by atoms with Crippen LogP contribution in [0.25, 0.3) is 33.6 Å². The second-order valence-corrected chi connectivity index (χ2v) is 6.73. The molecule has 120 valence electrons. The van der Waals surface area contributed by atoms with Gasteiger partial charge in [0.25, 0.3) is 0 Å². The van der Waals surface area contributed by atoms with E-state index in [-0.39, 0.29) is 0 Å². The highest BCUT2D eigenvalue weighted by Gasteiger charge is 2.19. The summed E-state index contributed by atoms with van der Waals surface area (Å²) in [6.07, 6.45) is 1.86. The Balaban J connectivity index is 1.90. The molecule has 0 spiro atoms. The fourth-order valence-corrected chi connectivity index (χ4v) is 3.16. The van der Waals surface area contributed by atoms with Crippen molar-refractivity contribution >= 4 is 15.9 Å². The summed E-state index contributed by atoms with van der Waals surface area (Å²) in [5, 5.41) is 0. The van der Waals surface area contributed by atoms with E-state index < -0.39 is 0 Å². The third-order valence-electron chi connectivity index (χ3n) is 4.17. The lowest BCUT2D eigenvalue weighted by molar-refractivity contribution is 0.568. The van der Waals surface area contributed by atoms with E-state index in [1.165, 1.54) is 5.56 Å². The molecule has 1 aromatic heterocycles. The smallest absolute Gasteiger partial charge is 0.215 e. The van der Waals surface area contributed by atoms with E-state index in [1.54, 1.807) is 0 Å². The molecule has 0 amide bonds. The maximum absolute atomic E-state index is 5.99. The first kappa shape index (κ1) is 15.8. The van der Waals surface area contributed by atoms with E-state index in [2.05, 4.69) is 70.5 Å². The molecular formula is C23H16BrO+. The lowest BCUT2D eigenvalue weighted by atomic mass is 9.95. The van der Waals surface area contributed by atoms with Gasteiger partial charge in [-0.05, 0) is 35.4 Å². The van der Waals surface area contributed by atoms with Crippen LogP contribution < -0.4 is 0 Å². The van der Waals surface area contributed by atoms with Crippen LogP contribution in [0.15, 0.2) is 106 Å². The van der Waals surface area contributed by atoms with Crippen molar-refractivity contribution < 1.29 is 4.42 Å². The van der Waals surface area contributed by atoms with Gasteiger partial charge in [0.2, 0.25) is 0 Å². The molecule has 0 aliphatic rings. The molecule has 0 aliphatic heterocycles. The Kier molecular flexibility index (Phi) is 4.45. The van der Waals surface area contributed by atoms with Gasteiger partial charge in [0.1, 0.15) is 0 Å². The van der Waals surface area contributed by atoms with Gasteiger partial charge in [0.05, 0.1) is 17.2 Å². The fraction of sp³-hybridized carbons (Fsp3) is 0. The molecule has 0 fully saturated rings. The molecule has 1 heterocycles. The van der Waals surface area contributed by atoms with Crippen LogP contribution in [-0.4, -0.2) is 0 Å². The van der Waals surface area contributed by atoms with Crippen LogP contribution in [0.5, 0.6) is 0 Å². The third kappa shape index (κ3) is 3.40. The highest BCUT2D eigenvalue weighted by Crippen LogP contribution is 2.35. The molecule has 4 aromatic rings. The minimum absolute atomic E-state index is 0.853. The van der Waals surface area contributed by atoms with Crippen molar-refractivity contribution in [1.82, 2.24) is 0 Å². The van der Waals surface area contributed by atoms with Crippen molar-refractivity contribution in [3.63, 3.8) is 0 Å². The second-order valence-electron chi connectivity index (χ2n) is 5.81. The molecule has 3 aromatic carbocycles. The van der Waals surface area contributed by atoms with Gasteiger partial charge in [-0.2, -0.15) is 0 Å². The van der Waals surface area contributed by atoms with E-state index >= 15 is 0 Å². The molecule has 0 bridgehead atoms. The first-order chi connectivity index (χ1) is 12.3. The lowest BCUT2D eigenvalue weighted by Crippen LogP contribution is -1.87. The number of benzene rings is 3. The highest BCUT2D eigenvalue weighted by molar-refractivity contribution is 9.10. The number of hydrogen-bond donors (Lipinski definition) is 0. The SMILES string of the molecule is Brc1ccc(-c2cc(-c3ccccc3)c(-c3ccccc3)c[o+]2)cc1. The lowest BCUT2D eigenvalue weighted by Gasteiger charge is -2.07. The Morgan fingerprint density at radius 1 is 0.560 bits per heavy atom. The zero-order valence-corrected chi connectivity index (χ0v) is 15.1. The van der Waals surface area contributed by atoms with E-state index in [1.807, 2.05) is 42.7 Å². The summed E-state index contributed by atoms with van der Waals surface area (Å²) in [6, 6.07) is 31.1. The predicted octanol–water partition coefficient (Wildman–Crippen LogP) is 7.32. The molecule has 0 aliphatic carbocycles. The maximum atomic E-state index is 5.99. The molecule has 0 atom stereocenters. The van der Waals surface area contributed by atoms with Crippen LogP contribution in [0.4, 0.5) is 0 Å². The van der Waals surface area contributed by atoms with Crippen molar-refractivity contribution in [2.24, 2.45) is 0 Å². The Morgan fingerprint density at radius 2 is 1.12 bits per heavy atom. The summed E-state index contributed by atoms with van der Waals surface area (Å²) in [4.78, 5) is 0. The normalized spacial score (nSPS) is 10.6. The van der Waals surface area contributed by atoms with Gasteiger partial charge in [0.15, 0.2) is 0 Å². The summed E-state index contributed by atoms with van der Waals surface area (Å²) >= 11 is 3.48. The van der Waals surface area contributed by atoms with Gasteiger partial charge in [0, 0.05) is 10.0 Å². The van der Waals surface area contributed by atoms with Gasteiger partial charge >= 0.3 is 12.0 Å². The monoisotopic (exact) mass is 387 g/mol. The molecule has 0 radical (unpaired) electrons. The summed E-state index contributed by atoms with van der Waals surface area (Å²) < 4.78 is 7.04. The molecular weight excluding hydrogens is 372 g/mol. The zero-order chi connectivity index (χ0) is 17.1. The molecule has 0 N–H and O–H groups in total. The van der Waals surface area contributed by atoms with Gasteiger partial charge in [-0.1, -0.05) is 76.6 Å². The topological polar surface area (TPSA) is 11.3 Å². The minimum atomic E-state index is 0.853. The fourth-order valence-electron chi connectivity index (χ4n) is 2.89. The van der Waals surface area contributed by atoms with Crippen LogP contribution >= 0.6 is 15.9 Å². The number of rotatable bonds is 3. The van der Waals surface area contributed by atoms with Crippen molar-refractivity contribution in [3.05, 3.63) is 102 Å². The second kappa shape index (κ2) is 7.04. The van der Waals surface area contributed by atoms with E-state index in [0.717, 1.165) is 32.5 Å². The van der Waals surface area contributed by atoms with Gasteiger partial charge in [-0.25, -0.2) is 4.42 Å². The average Bonchev–Trinajstić information content (AvgIpc) is 2.69. The largest absolute Gasteiger partial charge is 0.360 e. The molecule has 0 saturated carbocycles. The minimum Gasteiger partial charge on any atom is -0.215 e. The van der Waals surface area contributed by atoms with Crippen LogP contribution in [0.3, 0.4) is 0 Å². The standard InChI is InChI=1S/C23H16BrO/c24-20-13-11-19(12-14-20)23-15-21(17-7-3-1-4-8-17)22(16-25-23)18-9-5-2-6-10-18/h1-16H/q+1. The highest BCUT2D eigenvalue weighted by atomic mass is 79.9. The molecule has 0 unspecified atom stereocenters. The van der Waals surface area contributed by atoms with Crippen molar-refractivity contribution in [1.29, 1.82) is 0 Å². The Labute approximate surface area is 155 Å². The average molecular weight is 388 g/mol. The number of halogens is 1. The van der Waals surface area contributed by atoms with Gasteiger partial charge in [-0.15, -0.1) is 0 Å².